The van der Waals surface area contributed by atoms with Gasteiger partial charge in [0.2, 0.25) is 17.7 Å². The largest absolute Gasteiger partial charge is 0.481 e. The summed E-state index contributed by atoms with van der Waals surface area (Å²) in [5, 5.41) is 24.7. The summed E-state index contributed by atoms with van der Waals surface area (Å²) in [6.45, 7) is -0.506. The van der Waals surface area contributed by atoms with Crippen molar-refractivity contribution in [2.45, 2.75) is 37.4 Å². The van der Waals surface area contributed by atoms with E-state index in [0.29, 0.717) is 5.69 Å². The number of imidazole rings is 1. The number of carboxylic acids is 2. The zero-order valence-corrected chi connectivity index (χ0v) is 16.7. The van der Waals surface area contributed by atoms with Gasteiger partial charge in [-0.05, 0) is 6.42 Å². The summed E-state index contributed by atoms with van der Waals surface area (Å²) in [5.41, 5.74) is 6.02. The van der Waals surface area contributed by atoms with Gasteiger partial charge in [0.15, 0.2) is 0 Å². The Morgan fingerprint density at radius 1 is 1.13 bits per heavy atom. The zero-order valence-electron chi connectivity index (χ0n) is 15.8. The number of nitrogens with one attached hydrogen (secondary N) is 4. The van der Waals surface area contributed by atoms with Crippen LogP contribution in [0, 0.1) is 0 Å². The second-order valence-corrected chi connectivity index (χ2v) is 6.60. The van der Waals surface area contributed by atoms with Gasteiger partial charge in [-0.1, -0.05) is 0 Å². The van der Waals surface area contributed by atoms with Crippen LogP contribution in [-0.4, -0.2) is 80.3 Å². The maximum atomic E-state index is 12.3. The van der Waals surface area contributed by atoms with Crippen molar-refractivity contribution in [3.05, 3.63) is 18.2 Å². The highest BCUT2D eigenvalue weighted by atomic mass is 32.1. The van der Waals surface area contributed by atoms with Crippen molar-refractivity contribution < 1.29 is 34.2 Å². The summed E-state index contributed by atoms with van der Waals surface area (Å²) in [4.78, 5) is 64.4. The van der Waals surface area contributed by atoms with Crippen LogP contribution in [0.25, 0.3) is 0 Å². The third kappa shape index (κ3) is 8.91. The summed E-state index contributed by atoms with van der Waals surface area (Å²) >= 11 is 3.98. The number of H-pyrrole nitrogens is 1. The van der Waals surface area contributed by atoms with Gasteiger partial charge in [0.1, 0.15) is 12.1 Å². The van der Waals surface area contributed by atoms with Crippen molar-refractivity contribution in [2.75, 3.05) is 12.3 Å². The van der Waals surface area contributed by atoms with E-state index in [-0.39, 0.29) is 25.0 Å². The van der Waals surface area contributed by atoms with Gasteiger partial charge >= 0.3 is 11.9 Å². The third-order valence-corrected chi connectivity index (χ3v) is 4.22. The van der Waals surface area contributed by atoms with Gasteiger partial charge in [0.05, 0.1) is 18.9 Å². The smallest absolute Gasteiger partial charge is 0.326 e. The molecule has 1 aromatic rings. The minimum Gasteiger partial charge on any atom is -0.481 e. The lowest BCUT2D eigenvalue weighted by Gasteiger charge is -2.20. The Morgan fingerprint density at radius 2 is 1.83 bits per heavy atom. The van der Waals surface area contributed by atoms with Crippen LogP contribution in [0.15, 0.2) is 12.5 Å². The molecule has 0 radical (unpaired) electrons. The van der Waals surface area contributed by atoms with E-state index < -0.39 is 54.3 Å². The van der Waals surface area contributed by atoms with Crippen molar-refractivity contribution in [3.63, 3.8) is 0 Å². The molecular formula is C16H24N6O7S. The lowest BCUT2D eigenvalue weighted by atomic mass is 10.1. The van der Waals surface area contributed by atoms with E-state index in [1.807, 2.05) is 0 Å². The number of thiol groups is 1. The van der Waals surface area contributed by atoms with E-state index in [2.05, 4.69) is 38.5 Å². The third-order valence-electron chi connectivity index (χ3n) is 3.86. The number of nitrogens with two attached hydrogens (primary N) is 1. The molecular weight excluding hydrogens is 420 g/mol. The second-order valence-electron chi connectivity index (χ2n) is 6.24. The van der Waals surface area contributed by atoms with Crippen LogP contribution in [-0.2, 0) is 30.4 Å². The average molecular weight is 444 g/mol. The number of aliphatic carboxylic acids is 2. The van der Waals surface area contributed by atoms with E-state index in [4.69, 9.17) is 10.8 Å². The molecule has 0 fully saturated rings. The minimum absolute atomic E-state index is 0.0431. The molecule has 166 valence electrons. The molecule has 0 aliphatic heterocycles. The van der Waals surface area contributed by atoms with Crippen molar-refractivity contribution in [2.24, 2.45) is 5.73 Å². The van der Waals surface area contributed by atoms with E-state index in [0.717, 1.165) is 0 Å². The molecule has 14 heteroatoms. The number of carbonyl (C=O) groups excluding carboxylic acids is 3. The summed E-state index contributed by atoms with van der Waals surface area (Å²) in [6, 6.07) is -3.51. The van der Waals surface area contributed by atoms with Gasteiger partial charge in [-0.25, -0.2) is 9.78 Å². The molecule has 3 amide bonds. The quantitative estimate of drug-likeness (QED) is 0.148. The molecule has 0 saturated heterocycles. The van der Waals surface area contributed by atoms with Crippen molar-refractivity contribution in [1.82, 2.24) is 25.9 Å². The number of aromatic nitrogens is 2. The first-order valence-electron chi connectivity index (χ1n) is 8.79. The van der Waals surface area contributed by atoms with Gasteiger partial charge in [-0.3, -0.25) is 19.2 Å². The number of hydrogen-bond donors (Lipinski definition) is 8. The monoisotopic (exact) mass is 444 g/mol. The lowest BCUT2D eigenvalue weighted by Crippen LogP contribution is -2.54. The number of carbonyl (C=O) groups is 5. The molecule has 0 saturated carbocycles. The molecule has 30 heavy (non-hydrogen) atoms. The molecule has 0 aliphatic carbocycles. The molecule has 1 aromatic heterocycles. The van der Waals surface area contributed by atoms with E-state index in [1.165, 1.54) is 12.5 Å². The van der Waals surface area contributed by atoms with Gasteiger partial charge < -0.3 is 36.9 Å². The predicted molar refractivity (Wildman–Crippen MR) is 105 cm³/mol. The molecule has 3 unspecified atom stereocenters. The van der Waals surface area contributed by atoms with Crippen LogP contribution < -0.4 is 21.7 Å². The molecule has 1 heterocycles. The fourth-order valence-electron chi connectivity index (χ4n) is 2.24. The van der Waals surface area contributed by atoms with Crippen LogP contribution in [0.3, 0.4) is 0 Å². The average Bonchev–Trinajstić information content (AvgIpc) is 3.20. The van der Waals surface area contributed by atoms with Crippen LogP contribution in [0.4, 0.5) is 0 Å². The highest BCUT2D eigenvalue weighted by molar-refractivity contribution is 7.80. The molecule has 8 N–H and O–H groups in total. The van der Waals surface area contributed by atoms with Crippen LogP contribution in [0.5, 0.6) is 0 Å². The zero-order chi connectivity index (χ0) is 22.7. The first kappa shape index (κ1) is 24.9. The normalized spacial score (nSPS) is 13.5. The van der Waals surface area contributed by atoms with Gasteiger partial charge in [-0.2, -0.15) is 12.6 Å². The molecule has 0 spiro atoms. The lowest BCUT2D eigenvalue weighted by molar-refractivity contribution is -0.142. The predicted octanol–water partition coefficient (Wildman–Crippen LogP) is -2.76. The maximum absolute atomic E-state index is 12.3. The Bertz CT molecular complexity index is 757. The van der Waals surface area contributed by atoms with E-state index >= 15 is 0 Å². The minimum atomic E-state index is -1.27. The van der Waals surface area contributed by atoms with Crippen molar-refractivity contribution >= 4 is 42.3 Å². The Balaban J connectivity index is 2.53. The molecule has 0 aliphatic rings. The number of nitrogens with zero attached hydrogens (tertiary/aromatic N) is 1. The summed E-state index contributed by atoms with van der Waals surface area (Å²) in [5.74, 6) is -4.72. The molecule has 0 aromatic carbocycles. The number of carboxylic acid groups (broad SMARTS) is 2. The number of amides is 3. The van der Waals surface area contributed by atoms with E-state index in [1.54, 1.807) is 0 Å². The summed E-state index contributed by atoms with van der Waals surface area (Å²) in [7, 11) is 0. The fourth-order valence-corrected chi connectivity index (χ4v) is 2.49. The Hall–Kier alpha value is -3.13. The van der Waals surface area contributed by atoms with Gasteiger partial charge in [-0.15, -0.1) is 0 Å². The number of hydrogen-bond acceptors (Lipinski definition) is 8. The SMILES string of the molecule is NC(CCC(=O)O)C(=O)NCC(=O)NC(CS)C(=O)NC(Cc1cnc[nH]1)C(=O)O. The standard InChI is InChI=1S/C16H24N6O7S/c17-9(1-2-13(24)25)14(26)19-5-12(23)21-11(6-30)15(27)22-10(16(28)29)3-8-4-18-7-20-8/h4,7,9-11,30H,1-3,5-6,17H2,(H,18,20)(H,19,26)(H,21,23)(H,22,27)(H,24,25)(H,28,29). The fraction of sp³-hybridized carbons (Fsp3) is 0.500. The van der Waals surface area contributed by atoms with Crippen LogP contribution in [0.1, 0.15) is 18.5 Å². The Morgan fingerprint density at radius 3 is 2.37 bits per heavy atom. The van der Waals surface area contributed by atoms with Gasteiger partial charge in [0.25, 0.3) is 0 Å². The molecule has 0 bridgehead atoms. The number of aromatic amines is 1. The highest BCUT2D eigenvalue weighted by Crippen LogP contribution is 2.00. The van der Waals surface area contributed by atoms with Crippen LogP contribution in [0.2, 0.25) is 0 Å². The highest BCUT2D eigenvalue weighted by Gasteiger charge is 2.26. The van der Waals surface area contributed by atoms with E-state index in [9.17, 15) is 29.1 Å². The maximum Gasteiger partial charge on any atom is 0.326 e. The molecule has 13 nitrogen and oxygen atoms in total. The van der Waals surface area contributed by atoms with Crippen LogP contribution >= 0.6 is 12.6 Å². The molecule has 1 rings (SSSR count). The number of rotatable bonds is 13. The molecule has 3 atom stereocenters. The Kier molecular flexibility index (Phi) is 10.3. The van der Waals surface area contributed by atoms with Crippen molar-refractivity contribution in [3.8, 4) is 0 Å². The topological polar surface area (TPSA) is 217 Å². The first-order valence-corrected chi connectivity index (χ1v) is 9.43. The van der Waals surface area contributed by atoms with Crippen molar-refractivity contribution in [1.29, 1.82) is 0 Å². The second kappa shape index (κ2) is 12.4. The first-order chi connectivity index (χ1) is 14.1. The Labute approximate surface area is 176 Å². The summed E-state index contributed by atoms with van der Waals surface area (Å²) < 4.78 is 0. The van der Waals surface area contributed by atoms with Gasteiger partial charge in [0, 0.05) is 30.5 Å². The summed E-state index contributed by atoms with van der Waals surface area (Å²) in [6.07, 6.45) is 2.35.